The molecule has 0 amide bonds. The first kappa shape index (κ1) is 33.3. The van der Waals surface area contributed by atoms with Gasteiger partial charge < -0.3 is 34.1 Å². The molecule has 47 heavy (non-hydrogen) atoms. The molecule has 3 aromatic carbocycles. The molecule has 1 aliphatic rings. The first-order valence-corrected chi connectivity index (χ1v) is 15.6. The van der Waals surface area contributed by atoms with E-state index in [4.69, 9.17) is 28.9 Å². The summed E-state index contributed by atoms with van der Waals surface area (Å²) in [4.78, 5) is 32.4. The van der Waals surface area contributed by atoms with Crippen LogP contribution in [0, 0.1) is 5.21 Å². The molecule has 1 aromatic heterocycles. The van der Waals surface area contributed by atoms with Gasteiger partial charge in [0.05, 0.1) is 55.0 Å². The van der Waals surface area contributed by atoms with E-state index in [1.165, 1.54) is 42.3 Å². The normalized spacial score (nSPS) is 14.3. The zero-order chi connectivity index (χ0) is 33.7. The monoisotopic (exact) mass is 660 g/mol. The third kappa shape index (κ3) is 7.02. The van der Waals surface area contributed by atoms with E-state index in [1.54, 1.807) is 68.5 Å². The van der Waals surface area contributed by atoms with Gasteiger partial charge in [-0.3, -0.25) is 14.6 Å². The third-order valence-electron chi connectivity index (χ3n) is 7.36. The topological polar surface area (TPSA) is 144 Å². The van der Waals surface area contributed by atoms with E-state index in [9.17, 15) is 14.8 Å². The molecule has 12 nitrogen and oxygen atoms in total. The van der Waals surface area contributed by atoms with Crippen LogP contribution in [0.4, 0.5) is 5.69 Å². The van der Waals surface area contributed by atoms with Gasteiger partial charge in [-0.15, -0.1) is 0 Å². The molecule has 1 N–H and O–H groups in total. The summed E-state index contributed by atoms with van der Waals surface area (Å²) in [5.41, 5.74) is 2.60. The summed E-state index contributed by atoms with van der Waals surface area (Å²) in [5.74, 6) is 1.37. The predicted octanol–water partition coefficient (Wildman–Crippen LogP) is 4.49. The van der Waals surface area contributed by atoms with Gasteiger partial charge in [-0.1, -0.05) is 35.6 Å². The fourth-order valence-corrected chi connectivity index (χ4v) is 6.21. The molecule has 5 rings (SSSR count). The van der Waals surface area contributed by atoms with E-state index in [0.29, 0.717) is 55.8 Å². The molecule has 0 aliphatic carbocycles. The second-order valence-electron chi connectivity index (χ2n) is 10.3. The van der Waals surface area contributed by atoms with Crippen molar-refractivity contribution in [3.05, 3.63) is 114 Å². The molecule has 1 unspecified atom stereocenters. The number of hydrogen-bond donors (Lipinski definition) is 1. The lowest BCUT2D eigenvalue weighted by Gasteiger charge is -2.25. The lowest BCUT2D eigenvalue weighted by molar-refractivity contribution is -0.139. The number of methoxy groups -OCH3 is 2. The van der Waals surface area contributed by atoms with Gasteiger partial charge in [0.1, 0.15) is 6.61 Å². The minimum Gasteiger partial charge on any atom is -0.733 e. The highest BCUT2D eigenvalue weighted by atomic mass is 32.1. The van der Waals surface area contributed by atoms with Crippen LogP contribution >= 0.6 is 11.3 Å². The van der Waals surface area contributed by atoms with Gasteiger partial charge in [0.2, 0.25) is 0 Å². The van der Waals surface area contributed by atoms with E-state index in [-0.39, 0.29) is 35.3 Å². The van der Waals surface area contributed by atoms with Crippen LogP contribution in [0.2, 0.25) is 0 Å². The number of fused-ring (bicyclic) bond motifs is 1. The summed E-state index contributed by atoms with van der Waals surface area (Å²) in [7, 11) is 3.05. The Morgan fingerprint density at radius 3 is 2.36 bits per heavy atom. The van der Waals surface area contributed by atoms with Crippen molar-refractivity contribution in [2.24, 2.45) is 4.99 Å². The Balaban J connectivity index is 1.54. The number of esters is 1. The molecule has 1 atom stereocenters. The number of allylic oxidation sites excluding steroid dienone is 1. The van der Waals surface area contributed by atoms with Crippen molar-refractivity contribution in [1.29, 1.82) is 0 Å². The highest BCUT2D eigenvalue weighted by molar-refractivity contribution is 7.07. The largest absolute Gasteiger partial charge is 0.733 e. The minimum absolute atomic E-state index is 0.112. The zero-order valence-electron chi connectivity index (χ0n) is 26.5. The Bertz CT molecular complexity index is 1980. The van der Waals surface area contributed by atoms with Crippen molar-refractivity contribution in [3.63, 3.8) is 0 Å². The van der Waals surface area contributed by atoms with Crippen LogP contribution in [0.5, 0.6) is 23.0 Å². The number of aromatic nitrogens is 1. The molecule has 246 valence electrons. The van der Waals surface area contributed by atoms with Crippen LogP contribution < -0.4 is 39.1 Å². The Morgan fingerprint density at radius 1 is 0.979 bits per heavy atom. The molecule has 2 heterocycles. The van der Waals surface area contributed by atoms with Crippen LogP contribution in [-0.4, -0.2) is 43.2 Å². The average Bonchev–Trinajstić information content (AvgIpc) is 3.37. The smallest absolute Gasteiger partial charge is 0.338 e. The Labute approximate surface area is 274 Å². The van der Waals surface area contributed by atoms with Crippen LogP contribution in [0.15, 0.2) is 81.7 Å². The molecule has 0 spiro atoms. The summed E-state index contributed by atoms with van der Waals surface area (Å²) in [6, 6.07) is 16.1. The molecular formula is C34H34N3O9S-. The number of rotatable bonds is 12. The highest BCUT2D eigenvalue weighted by Gasteiger charge is 2.34. The maximum absolute atomic E-state index is 14.1. The Morgan fingerprint density at radius 2 is 1.70 bits per heavy atom. The molecular weight excluding hydrogens is 626 g/mol. The number of nitrogens with zero attached hydrogens (tertiary/aromatic N) is 3. The van der Waals surface area contributed by atoms with Crippen molar-refractivity contribution >= 4 is 29.1 Å². The van der Waals surface area contributed by atoms with Gasteiger partial charge in [-0.25, -0.2) is 9.79 Å². The van der Waals surface area contributed by atoms with Crippen molar-refractivity contribution in [2.45, 2.75) is 33.4 Å². The number of benzene rings is 3. The van der Waals surface area contributed by atoms with E-state index in [1.807, 2.05) is 6.92 Å². The minimum atomic E-state index is -0.815. The number of carbonyl (C=O) groups excluding carboxylic acids is 1. The fraction of sp³-hybridized carbons (Fsp3) is 0.265. The third-order valence-corrected chi connectivity index (χ3v) is 8.34. The number of anilines is 1. The van der Waals surface area contributed by atoms with Gasteiger partial charge in [0, 0.05) is 0 Å². The molecule has 4 aromatic rings. The quantitative estimate of drug-likeness (QED) is 0.171. The average molecular weight is 661 g/mol. The van der Waals surface area contributed by atoms with E-state index in [0.717, 1.165) is 5.56 Å². The van der Waals surface area contributed by atoms with Gasteiger partial charge in [-0.2, -0.15) is 0 Å². The second-order valence-corrected chi connectivity index (χ2v) is 11.3. The van der Waals surface area contributed by atoms with Crippen molar-refractivity contribution < 1.29 is 33.7 Å². The number of carbonyl (C=O) groups is 1. The molecule has 0 saturated heterocycles. The van der Waals surface area contributed by atoms with E-state index >= 15 is 0 Å². The van der Waals surface area contributed by atoms with Gasteiger partial charge in [0.25, 0.3) is 5.56 Å². The lowest BCUT2D eigenvalue weighted by atomic mass is 9.95. The molecule has 0 bridgehead atoms. The molecule has 1 aliphatic heterocycles. The zero-order valence-corrected chi connectivity index (χ0v) is 27.3. The maximum atomic E-state index is 14.1. The van der Waals surface area contributed by atoms with Crippen LogP contribution in [0.1, 0.15) is 43.5 Å². The lowest BCUT2D eigenvalue weighted by Crippen LogP contribution is -2.39. The van der Waals surface area contributed by atoms with Crippen LogP contribution in [0.25, 0.3) is 6.08 Å². The molecule has 0 fully saturated rings. The summed E-state index contributed by atoms with van der Waals surface area (Å²) in [5, 5.41) is 19.9. The Hall–Kier alpha value is -5.11. The number of hydrogen-bond acceptors (Lipinski definition) is 12. The summed E-state index contributed by atoms with van der Waals surface area (Å²) in [6.45, 7) is 6.04. The molecule has 0 saturated carbocycles. The molecule has 13 heteroatoms. The summed E-state index contributed by atoms with van der Waals surface area (Å²) in [6.07, 6.45) is 1.74. The number of ether oxygens (including phenoxy) is 5. The van der Waals surface area contributed by atoms with Crippen molar-refractivity contribution in [3.8, 4) is 23.0 Å². The van der Waals surface area contributed by atoms with Gasteiger partial charge >= 0.3 is 5.97 Å². The van der Waals surface area contributed by atoms with Crippen LogP contribution in [-0.2, 0) is 16.1 Å². The van der Waals surface area contributed by atoms with E-state index in [2.05, 4.69) is 4.99 Å². The molecule has 0 radical (unpaired) electrons. The number of thiazole rings is 1. The first-order chi connectivity index (χ1) is 22.7. The standard InChI is InChI=1S/C34H34N3O9S/c1-6-44-28-16-22(10-14-26(28)46-19-21-8-12-24(13-9-21)37(40)41)17-29-32(38)36-31(23-11-15-25(42-4)27(18-23)43-5)30(33(39)45-7-2)20(3)35-34(36)47-29/h8-18,31,40H,6-7,19H2,1-5H3/q-1/b29-17-. The first-order valence-electron chi connectivity index (χ1n) is 14.7. The van der Waals surface area contributed by atoms with E-state index < -0.39 is 12.0 Å². The van der Waals surface area contributed by atoms with Crippen molar-refractivity contribution in [2.75, 3.05) is 32.7 Å². The van der Waals surface area contributed by atoms with Crippen molar-refractivity contribution in [1.82, 2.24) is 4.57 Å². The SMILES string of the molecule is CCOC(=O)C1=C(C)N=c2s/c(=C\c3ccc(OCc4ccc(N([O-])O)cc4)c(OCC)c3)c(=O)n2C1c1ccc(OC)c(OC)c1. The van der Waals surface area contributed by atoms with Crippen LogP contribution in [0.3, 0.4) is 0 Å². The summed E-state index contributed by atoms with van der Waals surface area (Å²) < 4.78 is 30.1. The summed E-state index contributed by atoms with van der Waals surface area (Å²) >= 11 is 1.21. The fourth-order valence-electron chi connectivity index (χ4n) is 5.16. The van der Waals surface area contributed by atoms with Gasteiger partial charge in [0.15, 0.2) is 27.8 Å². The Kier molecular flexibility index (Phi) is 10.3. The predicted molar refractivity (Wildman–Crippen MR) is 176 cm³/mol. The second kappa shape index (κ2) is 14.5. The highest BCUT2D eigenvalue weighted by Crippen LogP contribution is 2.36. The maximum Gasteiger partial charge on any atom is 0.338 e. The van der Waals surface area contributed by atoms with Gasteiger partial charge in [-0.05, 0) is 79.9 Å².